The minimum Gasteiger partial charge on any atom is -0.383 e. The van der Waals surface area contributed by atoms with Gasteiger partial charge < -0.3 is 10.5 Å². The normalized spacial score (nSPS) is 12.6. The lowest BCUT2D eigenvalue weighted by molar-refractivity contribution is 0.174. The Kier molecular flexibility index (Phi) is 4.51. The average molecular weight is 241 g/mol. The molecule has 2 heteroatoms. The molecule has 0 spiro atoms. The summed E-state index contributed by atoms with van der Waals surface area (Å²) < 4.78 is 5.20. The van der Waals surface area contributed by atoms with Gasteiger partial charge in [0.1, 0.15) is 0 Å². The van der Waals surface area contributed by atoms with Crippen LogP contribution in [0.25, 0.3) is 0 Å². The largest absolute Gasteiger partial charge is 0.383 e. The zero-order valence-electron chi connectivity index (χ0n) is 10.6. The third-order valence-corrected chi connectivity index (χ3v) is 3.10. The fourth-order valence-electron chi connectivity index (χ4n) is 2.30. The highest BCUT2D eigenvalue weighted by Gasteiger charge is 2.21. The maximum atomic E-state index is 6.27. The van der Waals surface area contributed by atoms with Crippen molar-refractivity contribution in [2.24, 2.45) is 5.73 Å². The molecule has 0 heterocycles. The van der Waals surface area contributed by atoms with E-state index in [-0.39, 0.29) is 12.0 Å². The van der Waals surface area contributed by atoms with Gasteiger partial charge in [-0.3, -0.25) is 0 Å². The van der Waals surface area contributed by atoms with Crippen LogP contribution in [0.2, 0.25) is 0 Å². The van der Waals surface area contributed by atoms with Gasteiger partial charge in [0.2, 0.25) is 0 Å². The molecule has 0 aliphatic heterocycles. The van der Waals surface area contributed by atoms with Crippen molar-refractivity contribution >= 4 is 0 Å². The van der Waals surface area contributed by atoms with Gasteiger partial charge in [0.25, 0.3) is 0 Å². The van der Waals surface area contributed by atoms with Crippen LogP contribution < -0.4 is 5.73 Å². The van der Waals surface area contributed by atoms with E-state index in [1.165, 1.54) is 11.1 Å². The highest BCUT2D eigenvalue weighted by Crippen LogP contribution is 2.27. The molecule has 18 heavy (non-hydrogen) atoms. The van der Waals surface area contributed by atoms with E-state index in [4.69, 9.17) is 10.5 Å². The molecule has 1 atom stereocenters. The summed E-state index contributed by atoms with van der Waals surface area (Å²) in [6.07, 6.45) is 0. The minimum absolute atomic E-state index is 0.0419. The first-order chi connectivity index (χ1) is 8.83. The van der Waals surface area contributed by atoms with E-state index in [0.717, 1.165) is 0 Å². The van der Waals surface area contributed by atoms with Crippen LogP contribution in [0.3, 0.4) is 0 Å². The van der Waals surface area contributed by atoms with Gasteiger partial charge in [-0.25, -0.2) is 0 Å². The summed E-state index contributed by atoms with van der Waals surface area (Å²) in [7, 11) is 1.69. The van der Waals surface area contributed by atoms with Crippen LogP contribution in [-0.2, 0) is 4.74 Å². The van der Waals surface area contributed by atoms with Crippen molar-refractivity contribution in [2.45, 2.75) is 12.0 Å². The molecular formula is C16H19NO. The molecule has 0 radical (unpaired) electrons. The lowest BCUT2D eigenvalue weighted by Gasteiger charge is -2.24. The molecule has 0 amide bonds. The van der Waals surface area contributed by atoms with Crippen molar-refractivity contribution in [1.82, 2.24) is 0 Å². The van der Waals surface area contributed by atoms with Crippen molar-refractivity contribution in [2.75, 3.05) is 13.7 Å². The third kappa shape index (κ3) is 2.97. The van der Waals surface area contributed by atoms with E-state index in [1.807, 2.05) is 36.4 Å². The molecular weight excluding hydrogens is 222 g/mol. The minimum atomic E-state index is -0.0419. The van der Waals surface area contributed by atoms with Gasteiger partial charge in [-0.15, -0.1) is 0 Å². The Balaban J connectivity index is 2.35. The monoisotopic (exact) mass is 241 g/mol. The number of ether oxygens (including phenoxy) is 1. The Labute approximate surface area is 108 Å². The Hall–Kier alpha value is -1.64. The lowest BCUT2D eigenvalue weighted by Crippen LogP contribution is -2.33. The van der Waals surface area contributed by atoms with Crippen molar-refractivity contribution in [1.29, 1.82) is 0 Å². The summed E-state index contributed by atoms with van der Waals surface area (Å²) in [5, 5.41) is 0. The molecule has 2 aromatic rings. The molecule has 0 aromatic heterocycles. The van der Waals surface area contributed by atoms with Crippen LogP contribution in [0.1, 0.15) is 17.0 Å². The van der Waals surface area contributed by atoms with Gasteiger partial charge in [0.05, 0.1) is 6.61 Å². The van der Waals surface area contributed by atoms with E-state index in [9.17, 15) is 0 Å². The standard InChI is InChI=1S/C16H19NO/c1-18-12-15(17)16(13-8-4-2-5-9-13)14-10-6-3-7-11-14/h2-11,15-16H,12,17H2,1H3. The molecule has 94 valence electrons. The Bertz CT molecular complexity index is 416. The van der Waals surface area contributed by atoms with Gasteiger partial charge in [-0.05, 0) is 11.1 Å². The Morgan fingerprint density at radius 3 is 1.72 bits per heavy atom. The molecule has 0 bridgehead atoms. The van der Waals surface area contributed by atoms with E-state index >= 15 is 0 Å². The second-order valence-electron chi connectivity index (χ2n) is 4.42. The van der Waals surface area contributed by atoms with Gasteiger partial charge >= 0.3 is 0 Å². The third-order valence-electron chi connectivity index (χ3n) is 3.10. The number of benzene rings is 2. The SMILES string of the molecule is COCC(N)C(c1ccccc1)c1ccccc1. The molecule has 0 saturated carbocycles. The van der Waals surface area contributed by atoms with Crippen LogP contribution >= 0.6 is 0 Å². The van der Waals surface area contributed by atoms with Crippen LogP contribution in [-0.4, -0.2) is 19.8 Å². The number of nitrogens with two attached hydrogens (primary N) is 1. The molecule has 0 fully saturated rings. The van der Waals surface area contributed by atoms with Crippen LogP contribution in [0.5, 0.6) is 0 Å². The smallest absolute Gasteiger partial charge is 0.0623 e. The Morgan fingerprint density at radius 1 is 0.889 bits per heavy atom. The summed E-state index contributed by atoms with van der Waals surface area (Å²) in [4.78, 5) is 0. The first-order valence-electron chi connectivity index (χ1n) is 6.17. The first kappa shape index (κ1) is 12.8. The molecule has 0 saturated heterocycles. The maximum absolute atomic E-state index is 6.27. The summed E-state index contributed by atoms with van der Waals surface area (Å²) in [5.74, 6) is 0.173. The lowest BCUT2D eigenvalue weighted by atomic mass is 9.86. The quantitative estimate of drug-likeness (QED) is 0.873. The van der Waals surface area contributed by atoms with Crippen molar-refractivity contribution in [3.63, 3.8) is 0 Å². The van der Waals surface area contributed by atoms with E-state index in [0.29, 0.717) is 6.61 Å². The summed E-state index contributed by atoms with van der Waals surface area (Å²) in [6, 6.07) is 20.7. The molecule has 0 aliphatic carbocycles. The molecule has 1 unspecified atom stereocenters. The van der Waals surface area contributed by atoms with E-state index in [1.54, 1.807) is 7.11 Å². The van der Waals surface area contributed by atoms with Crippen LogP contribution in [0.15, 0.2) is 60.7 Å². The van der Waals surface area contributed by atoms with E-state index < -0.39 is 0 Å². The second kappa shape index (κ2) is 6.34. The topological polar surface area (TPSA) is 35.2 Å². The molecule has 0 aliphatic rings. The number of rotatable bonds is 5. The van der Waals surface area contributed by atoms with Gasteiger partial charge in [-0.2, -0.15) is 0 Å². The molecule has 2 rings (SSSR count). The highest BCUT2D eigenvalue weighted by atomic mass is 16.5. The van der Waals surface area contributed by atoms with Gasteiger partial charge in [-0.1, -0.05) is 60.7 Å². The van der Waals surface area contributed by atoms with E-state index in [2.05, 4.69) is 24.3 Å². The fourth-order valence-corrected chi connectivity index (χ4v) is 2.30. The summed E-state index contributed by atoms with van der Waals surface area (Å²) in [6.45, 7) is 0.550. The molecule has 2 nitrogen and oxygen atoms in total. The predicted octanol–water partition coefficient (Wildman–Crippen LogP) is 2.79. The predicted molar refractivity (Wildman–Crippen MR) is 74.6 cm³/mol. The molecule has 2 aromatic carbocycles. The van der Waals surface area contributed by atoms with Crippen LogP contribution in [0.4, 0.5) is 0 Å². The van der Waals surface area contributed by atoms with Crippen molar-refractivity contribution in [3.8, 4) is 0 Å². The first-order valence-corrected chi connectivity index (χ1v) is 6.17. The van der Waals surface area contributed by atoms with Crippen molar-refractivity contribution < 1.29 is 4.74 Å². The van der Waals surface area contributed by atoms with Gasteiger partial charge in [0, 0.05) is 19.1 Å². The highest BCUT2D eigenvalue weighted by molar-refractivity contribution is 5.34. The maximum Gasteiger partial charge on any atom is 0.0623 e. The summed E-state index contributed by atoms with van der Waals surface area (Å²) >= 11 is 0. The Morgan fingerprint density at radius 2 is 1.33 bits per heavy atom. The average Bonchev–Trinajstić information content (AvgIpc) is 2.42. The summed E-state index contributed by atoms with van der Waals surface area (Å²) in [5.41, 5.74) is 8.73. The van der Waals surface area contributed by atoms with Gasteiger partial charge in [0.15, 0.2) is 0 Å². The number of hydrogen-bond donors (Lipinski definition) is 1. The molecule has 2 N–H and O–H groups in total. The fraction of sp³-hybridized carbons (Fsp3) is 0.250. The number of hydrogen-bond acceptors (Lipinski definition) is 2. The number of methoxy groups -OCH3 is 1. The zero-order valence-corrected chi connectivity index (χ0v) is 10.6. The second-order valence-corrected chi connectivity index (χ2v) is 4.42. The zero-order chi connectivity index (χ0) is 12.8. The van der Waals surface area contributed by atoms with Crippen molar-refractivity contribution in [3.05, 3.63) is 71.8 Å². The van der Waals surface area contributed by atoms with Crippen LogP contribution in [0, 0.1) is 0 Å².